The first kappa shape index (κ1) is 13.9. The number of aromatic nitrogens is 4. The molecule has 1 aromatic carbocycles. The molecule has 3 saturated heterocycles. The van der Waals surface area contributed by atoms with Crippen LogP contribution < -0.4 is 4.74 Å². The molecule has 6 nitrogen and oxygen atoms in total. The molecule has 0 aliphatic carbocycles. The highest BCUT2D eigenvalue weighted by Gasteiger charge is 2.35. The third-order valence-electron chi connectivity index (χ3n) is 5.24. The second-order valence-corrected chi connectivity index (χ2v) is 6.72. The van der Waals surface area contributed by atoms with Crippen LogP contribution in [0.3, 0.4) is 0 Å². The molecule has 0 amide bonds. The van der Waals surface area contributed by atoms with Gasteiger partial charge in [-0.25, -0.2) is 0 Å². The van der Waals surface area contributed by atoms with Crippen LogP contribution >= 0.6 is 0 Å². The largest absolute Gasteiger partial charge is 0.472 e. The molecule has 0 spiro atoms. The molecule has 122 valence electrons. The lowest BCUT2D eigenvalue weighted by molar-refractivity contribution is -0.0103. The van der Waals surface area contributed by atoms with E-state index in [1.54, 1.807) is 0 Å². The first-order valence-corrected chi connectivity index (χ1v) is 8.51. The molecular weight excluding hydrogens is 302 g/mol. The highest BCUT2D eigenvalue weighted by Crippen LogP contribution is 2.30. The average Bonchev–Trinajstić information content (AvgIpc) is 3.11. The Kier molecular flexibility index (Phi) is 3.23. The Morgan fingerprint density at radius 1 is 1.08 bits per heavy atom. The zero-order valence-corrected chi connectivity index (χ0v) is 13.4. The van der Waals surface area contributed by atoms with Crippen molar-refractivity contribution in [3.05, 3.63) is 36.5 Å². The van der Waals surface area contributed by atoms with Crippen molar-refractivity contribution >= 4 is 10.9 Å². The van der Waals surface area contributed by atoms with E-state index in [4.69, 9.17) is 4.74 Å². The normalized spacial score (nSPS) is 25.9. The predicted molar refractivity (Wildman–Crippen MR) is 90.7 cm³/mol. The topological polar surface area (TPSA) is 66.9 Å². The smallest absolute Gasteiger partial charge is 0.233 e. The number of H-pyrrole nitrogens is 1. The van der Waals surface area contributed by atoms with E-state index in [1.165, 1.54) is 25.9 Å². The maximum atomic E-state index is 6.11. The number of hydrogen-bond donors (Lipinski definition) is 1. The van der Waals surface area contributed by atoms with E-state index in [9.17, 15) is 0 Å². The molecule has 1 N–H and O–H groups in total. The Labute approximate surface area is 139 Å². The third-order valence-corrected chi connectivity index (χ3v) is 5.24. The van der Waals surface area contributed by atoms with Crippen LogP contribution in [0.4, 0.5) is 0 Å². The molecule has 0 saturated carbocycles. The van der Waals surface area contributed by atoms with Crippen molar-refractivity contribution in [2.24, 2.45) is 5.92 Å². The Balaban J connectivity index is 1.35. The fourth-order valence-electron chi connectivity index (χ4n) is 3.84. The van der Waals surface area contributed by atoms with Crippen LogP contribution in [-0.2, 0) is 0 Å². The molecule has 3 aliphatic rings. The van der Waals surface area contributed by atoms with Crippen LogP contribution in [0.15, 0.2) is 36.5 Å². The molecule has 3 aromatic rings. The summed E-state index contributed by atoms with van der Waals surface area (Å²) in [5.74, 6) is 1.29. The van der Waals surface area contributed by atoms with Gasteiger partial charge in [-0.1, -0.05) is 6.07 Å². The minimum absolute atomic E-state index is 0.259. The van der Waals surface area contributed by atoms with Crippen molar-refractivity contribution in [1.29, 1.82) is 0 Å². The fourth-order valence-corrected chi connectivity index (χ4v) is 3.84. The van der Waals surface area contributed by atoms with Crippen LogP contribution in [0.25, 0.3) is 22.2 Å². The molecular formula is C18H19N5O. The van der Waals surface area contributed by atoms with Gasteiger partial charge in [0.15, 0.2) is 0 Å². The van der Waals surface area contributed by atoms with Gasteiger partial charge in [-0.3, -0.25) is 10.00 Å². The van der Waals surface area contributed by atoms with Crippen LogP contribution in [0.5, 0.6) is 5.88 Å². The second kappa shape index (κ2) is 5.56. The van der Waals surface area contributed by atoms with E-state index in [-0.39, 0.29) is 6.10 Å². The van der Waals surface area contributed by atoms with Crippen LogP contribution in [0, 0.1) is 5.92 Å². The molecule has 0 unspecified atom stereocenters. The quantitative estimate of drug-likeness (QED) is 0.803. The minimum Gasteiger partial charge on any atom is -0.472 e. The van der Waals surface area contributed by atoms with Gasteiger partial charge in [0.25, 0.3) is 0 Å². The summed E-state index contributed by atoms with van der Waals surface area (Å²) in [6.45, 7) is 3.45. The minimum atomic E-state index is 0.259. The summed E-state index contributed by atoms with van der Waals surface area (Å²) in [6.07, 6.45) is 4.55. The average molecular weight is 321 g/mol. The summed E-state index contributed by atoms with van der Waals surface area (Å²) in [7, 11) is 0. The van der Waals surface area contributed by atoms with Crippen molar-refractivity contribution in [2.75, 3.05) is 19.6 Å². The van der Waals surface area contributed by atoms with Crippen LogP contribution in [0.2, 0.25) is 0 Å². The van der Waals surface area contributed by atoms with Crippen molar-refractivity contribution in [3.63, 3.8) is 0 Å². The predicted octanol–water partition coefficient (Wildman–Crippen LogP) is 2.49. The van der Waals surface area contributed by atoms with Gasteiger partial charge in [0.2, 0.25) is 5.88 Å². The summed E-state index contributed by atoms with van der Waals surface area (Å²) in [5.41, 5.74) is 2.90. The second-order valence-electron chi connectivity index (χ2n) is 6.72. The zero-order valence-electron chi connectivity index (χ0n) is 13.4. The van der Waals surface area contributed by atoms with Gasteiger partial charge in [-0.2, -0.15) is 5.10 Å². The van der Waals surface area contributed by atoms with E-state index < -0.39 is 0 Å². The fraction of sp³-hybridized carbons (Fsp3) is 0.389. The maximum Gasteiger partial charge on any atom is 0.233 e. The Bertz CT molecular complexity index is 851. The molecule has 2 bridgehead atoms. The third kappa shape index (κ3) is 2.43. The highest BCUT2D eigenvalue weighted by atomic mass is 16.5. The molecule has 3 fully saturated rings. The number of nitrogens with zero attached hydrogens (tertiary/aromatic N) is 4. The van der Waals surface area contributed by atoms with E-state index in [0.717, 1.165) is 28.7 Å². The molecule has 1 atom stereocenters. The molecule has 0 radical (unpaired) electrons. The van der Waals surface area contributed by atoms with Gasteiger partial charge in [0, 0.05) is 23.6 Å². The lowest BCUT2D eigenvalue weighted by Gasteiger charge is -2.44. The molecule has 5 heterocycles. The molecule has 6 rings (SSSR count). The molecule has 6 heteroatoms. The zero-order chi connectivity index (χ0) is 15.9. The van der Waals surface area contributed by atoms with Gasteiger partial charge < -0.3 is 4.74 Å². The van der Waals surface area contributed by atoms with E-state index in [2.05, 4.69) is 31.4 Å². The summed E-state index contributed by atoms with van der Waals surface area (Å²) >= 11 is 0. The SMILES string of the molecule is c1cc2[nH]ncc2cc1-c1ccc(O[C@H]2CN3CCC2CC3)nn1. The Morgan fingerprint density at radius 3 is 2.75 bits per heavy atom. The van der Waals surface area contributed by atoms with Crippen molar-refractivity contribution in [3.8, 4) is 17.1 Å². The van der Waals surface area contributed by atoms with Crippen molar-refractivity contribution in [2.45, 2.75) is 18.9 Å². The molecule has 3 aliphatic heterocycles. The van der Waals surface area contributed by atoms with Crippen LogP contribution in [0.1, 0.15) is 12.8 Å². The summed E-state index contributed by atoms with van der Waals surface area (Å²) in [5, 5.41) is 16.7. The van der Waals surface area contributed by atoms with E-state index >= 15 is 0 Å². The van der Waals surface area contributed by atoms with E-state index in [1.807, 2.05) is 30.5 Å². The lowest BCUT2D eigenvalue weighted by atomic mass is 9.86. The molecule has 2 aromatic heterocycles. The standard InChI is InChI=1S/C18H19N5O/c1-2-16-14(10-19-20-16)9-13(1)15-3-4-18(22-21-15)24-17-11-23-7-5-12(17)6-8-23/h1-4,9-10,12,17H,5-8,11H2,(H,19,20)/t17-/m0/s1. The maximum absolute atomic E-state index is 6.11. The van der Waals surface area contributed by atoms with E-state index in [0.29, 0.717) is 11.8 Å². The Hall–Kier alpha value is -2.47. The van der Waals surface area contributed by atoms with Gasteiger partial charge in [0.05, 0.1) is 17.4 Å². The van der Waals surface area contributed by atoms with Gasteiger partial charge in [-0.15, -0.1) is 10.2 Å². The monoisotopic (exact) mass is 321 g/mol. The van der Waals surface area contributed by atoms with Crippen molar-refractivity contribution < 1.29 is 4.74 Å². The number of piperidine rings is 3. The first-order chi connectivity index (χ1) is 11.8. The number of aromatic amines is 1. The number of rotatable bonds is 3. The number of ether oxygens (including phenoxy) is 1. The number of benzene rings is 1. The summed E-state index contributed by atoms with van der Waals surface area (Å²) < 4.78 is 6.11. The number of hydrogen-bond acceptors (Lipinski definition) is 5. The van der Waals surface area contributed by atoms with Crippen LogP contribution in [-0.4, -0.2) is 51.0 Å². The lowest BCUT2D eigenvalue weighted by Crippen LogP contribution is -2.52. The highest BCUT2D eigenvalue weighted by molar-refractivity contribution is 5.83. The Morgan fingerprint density at radius 2 is 2.00 bits per heavy atom. The van der Waals surface area contributed by atoms with Gasteiger partial charge in [-0.05, 0) is 50.0 Å². The van der Waals surface area contributed by atoms with Gasteiger partial charge in [0.1, 0.15) is 6.10 Å². The van der Waals surface area contributed by atoms with Crippen molar-refractivity contribution in [1.82, 2.24) is 25.3 Å². The summed E-state index contributed by atoms with van der Waals surface area (Å²) in [6, 6.07) is 10.0. The molecule has 24 heavy (non-hydrogen) atoms. The number of fused-ring (bicyclic) bond motifs is 4. The first-order valence-electron chi connectivity index (χ1n) is 8.51. The number of nitrogens with one attached hydrogen (secondary N) is 1. The summed E-state index contributed by atoms with van der Waals surface area (Å²) in [4.78, 5) is 2.48. The van der Waals surface area contributed by atoms with Gasteiger partial charge >= 0.3 is 0 Å².